The lowest BCUT2D eigenvalue weighted by Gasteiger charge is -2.28. The fourth-order valence-corrected chi connectivity index (χ4v) is 4.12. The molecule has 19 heavy (non-hydrogen) atoms. The summed E-state index contributed by atoms with van der Waals surface area (Å²) in [6.45, 7) is 2.15. The second-order valence-electron chi connectivity index (χ2n) is 6.11. The van der Waals surface area contributed by atoms with Gasteiger partial charge in [0.15, 0.2) is 0 Å². The van der Waals surface area contributed by atoms with E-state index >= 15 is 0 Å². The Balaban J connectivity index is 1.63. The summed E-state index contributed by atoms with van der Waals surface area (Å²) in [4.78, 5) is 12.2. The summed E-state index contributed by atoms with van der Waals surface area (Å²) in [6.07, 6.45) is 5.42. The minimum absolute atomic E-state index is 0.00206. The monoisotopic (exact) mass is 277 g/mol. The van der Waals surface area contributed by atoms with Crippen LogP contribution >= 0.6 is 11.6 Å². The van der Waals surface area contributed by atoms with E-state index in [9.17, 15) is 4.79 Å². The Morgan fingerprint density at radius 2 is 2.21 bits per heavy atom. The Kier molecular flexibility index (Phi) is 3.53. The van der Waals surface area contributed by atoms with Gasteiger partial charge in [-0.2, -0.15) is 0 Å². The molecule has 2 aliphatic carbocycles. The van der Waals surface area contributed by atoms with Gasteiger partial charge in [-0.05, 0) is 62.1 Å². The molecule has 0 unspecified atom stereocenters. The van der Waals surface area contributed by atoms with E-state index in [-0.39, 0.29) is 11.9 Å². The molecule has 4 atom stereocenters. The molecule has 1 amide bonds. The molecular weight excluding hydrogens is 258 g/mol. The van der Waals surface area contributed by atoms with Crippen molar-refractivity contribution < 1.29 is 4.79 Å². The van der Waals surface area contributed by atoms with Crippen molar-refractivity contribution in [3.8, 4) is 0 Å². The van der Waals surface area contributed by atoms with Crippen molar-refractivity contribution in [2.24, 2.45) is 17.8 Å². The van der Waals surface area contributed by atoms with Crippen LogP contribution in [0.5, 0.6) is 0 Å². The molecule has 2 aliphatic rings. The summed E-state index contributed by atoms with van der Waals surface area (Å²) in [6, 6.07) is 7.41. The predicted molar refractivity (Wildman–Crippen MR) is 77.3 cm³/mol. The van der Waals surface area contributed by atoms with Crippen LogP contribution in [0.25, 0.3) is 0 Å². The van der Waals surface area contributed by atoms with E-state index in [2.05, 4.69) is 12.2 Å². The first-order valence-electron chi connectivity index (χ1n) is 7.20. The minimum atomic E-state index is -0.00206. The van der Waals surface area contributed by atoms with E-state index in [1.54, 1.807) is 12.1 Å². The van der Waals surface area contributed by atoms with Crippen molar-refractivity contribution in [1.29, 1.82) is 0 Å². The maximum absolute atomic E-state index is 12.2. The number of nitrogens with one attached hydrogen (secondary N) is 1. The van der Waals surface area contributed by atoms with Crippen molar-refractivity contribution in [1.82, 2.24) is 5.32 Å². The second kappa shape index (κ2) is 5.16. The summed E-state index contributed by atoms with van der Waals surface area (Å²) in [5, 5.41) is 3.76. The maximum atomic E-state index is 12.2. The molecule has 1 N–H and O–H groups in total. The number of halogens is 1. The topological polar surface area (TPSA) is 29.1 Å². The van der Waals surface area contributed by atoms with Crippen molar-refractivity contribution in [2.75, 3.05) is 0 Å². The average Bonchev–Trinajstić information content (AvgIpc) is 3.00. The number of rotatable bonds is 3. The van der Waals surface area contributed by atoms with Gasteiger partial charge in [-0.15, -0.1) is 0 Å². The van der Waals surface area contributed by atoms with Crippen LogP contribution in [0, 0.1) is 17.8 Å². The summed E-state index contributed by atoms with van der Waals surface area (Å²) in [5.74, 6) is 2.42. The highest BCUT2D eigenvalue weighted by Crippen LogP contribution is 2.49. The highest BCUT2D eigenvalue weighted by atomic mass is 35.5. The van der Waals surface area contributed by atoms with Gasteiger partial charge in [-0.3, -0.25) is 4.79 Å². The largest absolute Gasteiger partial charge is 0.349 e. The number of benzene rings is 1. The van der Waals surface area contributed by atoms with E-state index in [4.69, 9.17) is 11.6 Å². The Hall–Kier alpha value is -1.02. The molecule has 0 spiro atoms. The molecule has 2 saturated carbocycles. The summed E-state index contributed by atoms with van der Waals surface area (Å²) < 4.78 is 0. The van der Waals surface area contributed by atoms with Gasteiger partial charge in [0.25, 0.3) is 5.91 Å². The zero-order valence-electron chi connectivity index (χ0n) is 11.2. The molecule has 2 fully saturated rings. The molecule has 2 bridgehead atoms. The summed E-state index contributed by atoms with van der Waals surface area (Å²) in [7, 11) is 0. The first kappa shape index (κ1) is 13.0. The van der Waals surface area contributed by atoms with Crippen LogP contribution in [0.4, 0.5) is 0 Å². The van der Waals surface area contributed by atoms with Crippen LogP contribution in [0.15, 0.2) is 24.3 Å². The third-order valence-electron chi connectivity index (χ3n) is 4.88. The molecule has 2 nitrogen and oxygen atoms in total. The number of fused-ring (bicyclic) bond motifs is 2. The normalized spacial score (nSPS) is 30.3. The van der Waals surface area contributed by atoms with Crippen molar-refractivity contribution in [2.45, 2.75) is 38.6 Å². The van der Waals surface area contributed by atoms with E-state index in [1.165, 1.54) is 25.7 Å². The lowest BCUT2D eigenvalue weighted by atomic mass is 9.84. The summed E-state index contributed by atoms with van der Waals surface area (Å²) >= 11 is 5.92. The van der Waals surface area contributed by atoms with Gasteiger partial charge >= 0.3 is 0 Å². The molecule has 0 heterocycles. The smallest absolute Gasteiger partial charge is 0.251 e. The second-order valence-corrected chi connectivity index (χ2v) is 6.55. The molecule has 0 radical (unpaired) electrons. The number of carbonyl (C=O) groups excluding carboxylic acids is 1. The zero-order chi connectivity index (χ0) is 13.4. The quantitative estimate of drug-likeness (QED) is 0.892. The first-order chi connectivity index (χ1) is 9.13. The van der Waals surface area contributed by atoms with Crippen molar-refractivity contribution in [3.05, 3.63) is 34.9 Å². The molecule has 1 aromatic rings. The molecule has 3 heteroatoms. The van der Waals surface area contributed by atoms with E-state index in [1.807, 2.05) is 12.1 Å². The Morgan fingerprint density at radius 1 is 1.37 bits per heavy atom. The van der Waals surface area contributed by atoms with Gasteiger partial charge in [0.1, 0.15) is 0 Å². The number of hydrogen-bond donors (Lipinski definition) is 1. The van der Waals surface area contributed by atoms with Crippen molar-refractivity contribution in [3.63, 3.8) is 0 Å². The van der Waals surface area contributed by atoms with Gasteiger partial charge < -0.3 is 5.32 Å². The van der Waals surface area contributed by atoms with Gasteiger partial charge in [0.2, 0.25) is 0 Å². The Bertz CT molecular complexity index is 487. The average molecular weight is 278 g/mol. The van der Waals surface area contributed by atoms with Gasteiger partial charge in [-0.1, -0.05) is 24.1 Å². The van der Waals surface area contributed by atoms with Crippen LogP contribution in [-0.2, 0) is 0 Å². The van der Waals surface area contributed by atoms with Crippen LogP contribution in [0.2, 0.25) is 5.02 Å². The number of hydrogen-bond acceptors (Lipinski definition) is 1. The molecule has 0 aliphatic heterocycles. The minimum Gasteiger partial charge on any atom is -0.349 e. The Labute approximate surface area is 119 Å². The van der Waals surface area contributed by atoms with Crippen LogP contribution in [0.1, 0.15) is 43.0 Å². The highest BCUT2D eigenvalue weighted by Gasteiger charge is 2.42. The van der Waals surface area contributed by atoms with Crippen LogP contribution in [-0.4, -0.2) is 11.9 Å². The lowest BCUT2D eigenvalue weighted by Crippen LogP contribution is -2.40. The summed E-state index contributed by atoms with van der Waals surface area (Å²) in [5.41, 5.74) is 0.655. The Morgan fingerprint density at radius 3 is 2.84 bits per heavy atom. The third-order valence-corrected chi connectivity index (χ3v) is 5.12. The first-order valence-corrected chi connectivity index (χ1v) is 7.57. The van der Waals surface area contributed by atoms with Crippen molar-refractivity contribution >= 4 is 17.5 Å². The highest BCUT2D eigenvalue weighted by molar-refractivity contribution is 6.30. The van der Waals surface area contributed by atoms with Crippen LogP contribution < -0.4 is 5.32 Å². The number of amides is 1. The van der Waals surface area contributed by atoms with E-state index in [0.717, 1.165) is 11.8 Å². The van der Waals surface area contributed by atoms with E-state index in [0.29, 0.717) is 16.5 Å². The zero-order valence-corrected chi connectivity index (χ0v) is 12.0. The van der Waals surface area contributed by atoms with E-state index < -0.39 is 0 Å². The fraction of sp³-hybridized carbons (Fsp3) is 0.562. The molecule has 102 valence electrons. The molecule has 0 saturated heterocycles. The third kappa shape index (κ3) is 2.64. The van der Waals surface area contributed by atoms with Crippen LogP contribution in [0.3, 0.4) is 0 Å². The number of carbonyl (C=O) groups is 1. The molecule has 1 aromatic carbocycles. The fourth-order valence-electron chi connectivity index (χ4n) is 3.93. The molecule has 3 rings (SSSR count). The molecule has 0 aromatic heterocycles. The predicted octanol–water partition coefficient (Wildman–Crippen LogP) is 3.89. The molecular formula is C16H20ClNO. The lowest BCUT2D eigenvalue weighted by molar-refractivity contribution is 0.0915. The standard InChI is InChI=1S/C16H20ClNO/c1-10(15-8-11-5-6-12(15)7-11)18-16(19)13-3-2-4-14(17)9-13/h2-4,9-12,15H,5-8H2,1H3,(H,18,19)/t10-,11+,12-,15+/m0/s1. The SMILES string of the molecule is C[C@H](NC(=O)c1cccc(Cl)c1)[C@H]1C[C@@H]2CC[C@H]1C2. The van der Waals surface area contributed by atoms with Gasteiger partial charge in [-0.25, -0.2) is 0 Å². The maximum Gasteiger partial charge on any atom is 0.251 e. The van der Waals surface area contributed by atoms with Gasteiger partial charge in [0.05, 0.1) is 0 Å². The van der Waals surface area contributed by atoms with Gasteiger partial charge in [0, 0.05) is 16.6 Å².